The monoisotopic (exact) mass is 633 g/mol. The molecule has 5 aromatic rings. The van der Waals surface area contributed by atoms with Gasteiger partial charge in [-0.2, -0.15) is 0 Å². The van der Waals surface area contributed by atoms with Crippen LogP contribution in [0.5, 0.6) is 5.75 Å². The lowest BCUT2D eigenvalue weighted by molar-refractivity contribution is 0.0700. The summed E-state index contributed by atoms with van der Waals surface area (Å²) in [7, 11) is 3.62. The van der Waals surface area contributed by atoms with E-state index in [-0.39, 0.29) is 37.0 Å². The van der Waals surface area contributed by atoms with Gasteiger partial charge in [-0.3, -0.25) is 9.59 Å². The molecular weight excluding hydrogens is 594 g/mol. The second kappa shape index (κ2) is 11.5. The van der Waals surface area contributed by atoms with Gasteiger partial charge in [0.05, 0.1) is 30.6 Å². The van der Waals surface area contributed by atoms with Gasteiger partial charge in [-0.05, 0) is 80.0 Å². The van der Waals surface area contributed by atoms with Gasteiger partial charge in [-0.15, -0.1) is 0 Å². The number of fused-ring (bicyclic) bond motifs is 4. The lowest BCUT2D eigenvalue weighted by Gasteiger charge is -2.27. The molecule has 1 saturated heterocycles. The van der Waals surface area contributed by atoms with E-state index in [2.05, 4.69) is 26.6 Å². The second-order valence-corrected chi connectivity index (χ2v) is 13.2. The van der Waals surface area contributed by atoms with Crippen LogP contribution in [0.2, 0.25) is 0 Å². The summed E-state index contributed by atoms with van der Waals surface area (Å²) in [5, 5.41) is 12.7. The first-order valence-electron chi connectivity index (χ1n) is 16.5. The Balaban J connectivity index is 1.18. The van der Waals surface area contributed by atoms with Gasteiger partial charge >= 0.3 is 0 Å². The molecule has 11 heteroatoms. The third-order valence-corrected chi connectivity index (χ3v) is 10.3. The summed E-state index contributed by atoms with van der Waals surface area (Å²) < 4.78 is 10.2. The lowest BCUT2D eigenvalue weighted by atomic mass is 10.1. The van der Waals surface area contributed by atoms with Gasteiger partial charge in [0.25, 0.3) is 11.8 Å². The predicted molar refractivity (Wildman–Crippen MR) is 179 cm³/mol. The molecule has 47 heavy (non-hydrogen) atoms. The number of pyridine rings is 1. The Bertz CT molecular complexity index is 2030. The van der Waals surface area contributed by atoms with Crippen LogP contribution in [-0.4, -0.2) is 79.8 Å². The molecule has 0 spiro atoms. The van der Waals surface area contributed by atoms with Crippen molar-refractivity contribution in [1.29, 1.82) is 0 Å². The Labute approximate surface area is 272 Å². The number of aromatic nitrogens is 4. The minimum Gasteiger partial charge on any atom is -0.494 e. The van der Waals surface area contributed by atoms with Crippen molar-refractivity contribution in [3.05, 3.63) is 65.7 Å². The molecule has 242 valence electrons. The fraction of sp³-hybridized carbons (Fsp3) is 0.389. The molecule has 4 N–H and O–H groups in total. The van der Waals surface area contributed by atoms with E-state index in [1.54, 1.807) is 19.2 Å². The van der Waals surface area contributed by atoms with Gasteiger partial charge < -0.3 is 34.9 Å². The Morgan fingerprint density at radius 3 is 2.51 bits per heavy atom. The van der Waals surface area contributed by atoms with E-state index in [1.807, 2.05) is 42.3 Å². The Hall–Kier alpha value is -4.74. The first kappa shape index (κ1) is 29.6. The number of aliphatic hydroxyl groups excluding tert-OH is 1. The summed E-state index contributed by atoms with van der Waals surface area (Å²) in [6.45, 7) is 1.65. The van der Waals surface area contributed by atoms with Crippen LogP contribution in [0.15, 0.2) is 54.6 Å². The molecule has 2 bridgehead atoms. The fourth-order valence-corrected chi connectivity index (χ4v) is 7.55. The van der Waals surface area contributed by atoms with Crippen LogP contribution in [0.4, 0.5) is 0 Å². The highest BCUT2D eigenvalue weighted by molar-refractivity contribution is 6.00. The van der Waals surface area contributed by atoms with Crippen LogP contribution in [0.1, 0.15) is 46.4 Å². The third kappa shape index (κ3) is 5.05. The molecular formula is C36H39N7O4. The highest BCUT2D eigenvalue weighted by Gasteiger charge is 2.47. The molecule has 2 aliphatic carbocycles. The summed E-state index contributed by atoms with van der Waals surface area (Å²) >= 11 is 0. The average molecular weight is 634 g/mol. The van der Waals surface area contributed by atoms with Crippen LogP contribution < -0.4 is 15.8 Å². The van der Waals surface area contributed by atoms with Crippen LogP contribution in [0.25, 0.3) is 44.8 Å². The van der Waals surface area contributed by atoms with E-state index in [0.29, 0.717) is 40.8 Å². The van der Waals surface area contributed by atoms with E-state index in [1.165, 1.54) is 12.8 Å². The Morgan fingerprint density at radius 2 is 1.83 bits per heavy atom. The number of hydrogen-bond acceptors (Lipinski definition) is 7. The Morgan fingerprint density at radius 1 is 1.02 bits per heavy atom. The zero-order chi connectivity index (χ0) is 32.4. The number of benzene rings is 2. The third-order valence-electron chi connectivity index (χ3n) is 10.3. The number of nitrogens with zero attached hydrogens (tertiary/aromatic N) is 5. The van der Waals surface area contributed by atoms with Crippen molar-refractivity contribution in [3.63, 3.8) is 0 Å². The molecule has 0 unspecified atom stereocenters. The van der Waals surface area contributed by atoms with Crippen molar-refractivity contribution in [2.45, 2.75) is 44.3 Å². The molecule has 4 heterocycles. The highest BCUT2D eigenvalue weighted by Crippen LogP contribution is 2.40. The molecule has 3 atom stereocenters. The van der Waals surface area contributed by atoms with Crippen LogP contribution >= 0.6 is 0 Å². The summed E-state index contributed by atoms with van der Waals surface area (Å²) in [5.74, 6) is 2.12. The van der Waals surface area contributed by atoms with E-state index in [0.717, 1.165) is 58.7 Å². The Kier molecular flexibility index (Phi) is 7.25. The topological polar surface area (TPSA) is 141 Å². The minimum atomic E-state index is -0.222. The number of hydrogen-bond donors (Lipinski definition) is 3. The maximum Gasteiger partial charge on any atom is 0.254 e. The number of aryl methyl sites for hydroxylation is 1. The maximum atomic E-state index is 13.7. The van der Waals surface area contributed by atoms with Crippen LogP contribution in [0.3, 0.4) is 0 Å². The molecule has 1 aliphatic heterocycles. The number of carbonyl (C=O) groups is 2. The molecule has 0 radical (unpaired) electrons. The fourth-order valence-electron chi connectivity index (χ4n) is 7.55. The number of nitrogens with one attached hydrogen (secondary N) is 1. The van der Waals surface area contributed by atoms with E-state index in [4.69, 9.17) is 25.5 Å². The molecule has 11 nitrogen and oxygen atoms in total. The molecule has 2 amide bonds. The molecule has 8 rings (SSSR count). The highest BCUT2D eigenvalue weighted by atomic mass is 16.5. The second-order valence-electron chi connectivity index (χ2n) is 13.2. The van der Waals surface area contributed by atoms with E-state index in [9.17, 15) is 9.59 Å². The maximum absolute atomic E-state index is 13.7. The van der Waals surface area contributed by atoms with Crippen molar-refractivity contribution < 1.29 is 19.4 Å². The van der Waals surface area contributed by atoms with Crippen LogP contribution in [0, 0.1) is 11.8 Å². The molecule has 3 fully saturated rings. The molecule has 2 saturated carbocycles. The van der Waals surface area contributed by atoms with Crippen LogP contribution in [-0.2, 0) is 13.6 Å². The minimum absolute atomic E-state index is 0.0153. The summed E-state index contributed by atoms with van der Waals surface area (Å²) in [6.07, 6.45) is 4.41. The van der Waals surface area contributed by atoms with E-state index >= 15 is 0 Å². The van der Waals surface area contributed by atoms with Gasteiger partial charge in [-0.25, -0.2) is 9.97 Å². The van der Waals surface area contributed by atoms with Gasteiger partial charge in [0.2, 0.25) is 0 Å². The van der Waals surface area contributed by atoms with E-state index < -0.39 is 0 Å². The number of aliphatic hydroxyl groups is 1. The number of nitrogens with two attached hydrogens (primary N) is 1. The smallest absolute Gasteiger partial charge is 0.254 e. The quantitative estimate of drug-likeness (QED) is 0.223. The zero-order valence-corrected chi connectivity index (χ0v) is 26.6. The molecule has 2 aromatic carbocycles. The normalized spacial score (nSPS) is 20.4. The number of amides is 2. The largest absolute Gasteiger partial charge is 0.494 e. The number of rotatable bonds is 9. The predicted octanol–water partition coefficient (Wildman–Crippen LogP) is 3.96. The summed E-state index contributed by atoms with van der Waals surface area (Å²) in [4.78, 5) is 38.2. The first-order valence-corrected chi connectivity index (χ1v) is 16.5. The van der Waals surface area contributed by atoms with Gasteiger partial charge in [0.15, 0.2) is 5.82 Å². The lowest BCUT2D eigenvalue weighted by Crippen LogP contribution is -2.41. The van der Waals surface area contributed by atoms with Gasteiger partial charge in [-0.1, -0.05) is 12.1 Å². The SMILES string of the molecule is COc1cc(C(=O)N2C[C@H]3CC[C@@H]2[C@@H]3N)cc2nc(-c3cc4ccc(-c5ccc(C(=O)NCCO)cc5)nc4n3CC3CC3)n(C)c12. The summed E-state index contributed by atoms with van der Waals surface area (Å²) in [5.41, 5.74) is 12.6. The van der Waals surface area contributed by atoms with Gasteiger partial charge in [0.1, 0.15) is 16.9 Å². The number of imidazole rings is 1. The standard InChI is InChI=1S/C36H39N7O4/c1-41-32-27(15-25(17-30(32)47-2)36(46)43-19-24-10-12-28(43)31(24)37)40-34(41)29-16-23-9-11-26(39-33(23)42(29)18-20-3-4-20)21-5-7-22(8-6-21)35(45)38-13-14-44/h5-9,11,15-17,20,24,28,31,44H,3-4,10,12-14,18-19,37H2,1-2H3,(H,38,45)/t24-,28-,31-/m1/s1. The zero-order valence-electron chi connectivity index (χ0n) is 26.6. The van der Waals surface area contributed by atoms with Crippen molar-refractivity contribution in [1.82, 2.24) is 29.3 Å². The number of likely N-dealkylation sites (tertiary alicyclic amines) is 1. The van der Waals surface area contributed by atoms with Crippen molar-refractivity contribution >= 4 is 33.9 Å². The van der Waals surface area contributed by atoms with Crippen molar-refractivity contribution in [3.8, 4) is 28.5 Å². The number of carbonyl (C=O) groups excluding carboxylic acids is 2. The first-order chi connectivity index (χ1) is 22.8. The summed E-state index contributed by atoms with van der Waals surface area (Å²) in [6, 6.07) is 17.4. The molecule has 3 aromatic heterocycles. The number of piperidine rings is 1. The van der Waals surface area contributed by atoms with Gasteiger partial charge in [0, 0.05) is 60.8 Å². The number of methoxy groups -OCH3 is 1. The number of ether oxygens (including phenoxy) is 1. The van der Waals surface area contributed by atoms with Crippen molar-refractivity contribution in [2.24, 2.45) is 24.6 Å². The molecule has 3 aliphatic rings. The average Bonchev–Trinajstić information content (AvgIpc) is 3.50. The van der Waals surface area contributed by atoms with Crippen molar-refractivity contribution in [2.75, 3.05) is 26.8 Å².